The van der Waals surface area contributed by atoms with Gasteiger partial charge < -0.3 is 4.90 Å². The van der Waals surface area contributed by atoms with Gasteiger partial charge in [-0.1, -0.05) is 33.1 Å². The van der Waals surface area contributed by atoms with E-state index in [0.29, 0.717) is 0 Å². The molecule has 4 atom stereocenters. The van der Waals surface area contributed by atoms with E-state index < -0.39 is 0 Å². The fraction of sp³-hybridized carbons (Fsp3) is 1.00. The van der Waals surface area contributed by atoms with Crippen LogP contribution in [0.2, 0.25) is 0 Å². The minimum absolute atomic E-state index is 0.979. The van der Waals surface area contributed by atoms with Crippen LogP contribution in [0.1, 0.15) is 52.4 Å². The van der Waals surface area contributed by atoms with Crippen LogP contribution in [0.3, 0.4) is 0 Å². The third-order valence-electron chi connectivity index (χ3n) is 4.70. The van der Waals surface area contributed by atoms with Gasteiger partial charge in [0.25, 0.3) is 0 Å². The molecular weight excluding hydrogens is 182 g/mol. The molecule has 0 aromatic rings. The van der Waals surface area contributed by atoms with Gasteiger partial charge in [-0.25, -0.2) is 0 Å². The van der Waals surface area contributed by atoms with Gasteiger partial charge in [0.1, 0.15) is 0 Å². The van der Waals surface area contributed by atoms with Crippen LogP contribution in [-0.4, -0.2) is 19.6 Å². The molecule has 1 saturated heterocycles. The van der Waals surface area contributed by atoms with Gasteiger partial charge in [-0.15, -0.1) is 0 Å². The summed E-state index contributed by atoms with van der Waals surface area (Å²) >= 11 is 0. The number of hydrogen-bond donors (Lipinski definition) is 1. The molecule has 1 heterocycles. The number of rotatable bonds is 2. The average Bonchev–Trinajstić information content (AvgIpc) is 2.22. The summed E-state index contributed by atoms with van der Waals surface area (Å²) in [6.07, 6.45) is 8.94. The SMILES string of the molecule is CC1CCC[NH+](CC2CCCCC2C)C1. The van der Waals surface area contributed by atoms with Gasteiger partial charge in [-0.05, 0) is 25.2 Å². The molecule has 4 unspecified atom stereocenters. The van der Waals surface area contributed by atoms with E-state index in [-0.39, 0.29) is 0 Å². The van der Waals surface area contributed by atoms with Crippen LogP contribution in [0.15, 0.2) is 0 Å². The van der Waals surface area contributed by atoms with Gasteiger partial charge in [0.05, 0.1) is 19.6 Å². The van der Waals surface area contributed by atoms with Crippen molar-refractivity contribution in [3.63, 3.8) is 0 Å². The summed E-state index contributed by atoms with van der Waals surface area (Å²) in [6, 6.07) is 0. The van der Waals surface area contributed by atoms with Crippen LogP contribution in [0.4, 0.5) is 0 Å². The van der Waals surface area contributed by atoms with E-state index in [1.165, 1.54) is 58.2 Å². The third kappa shape index (κ3) is 3.21. The van der Waals surface area contributed by atoms with Crippen LogP contribution >= 0.6 is 0 Å². The summed E-state index contributed by atoms with van der Waals surface area (Å²) in [5.41, 5.74) is 0. The molecule has 1 heteroatoms. The number of piperidine rings is 1. The minimum Gasteiger partial charge on any atom is -0.334 e. The van der Waals surface area contributed by atoms with Crippen LogP contribution in [0.5, 0.6) is 0 Å². The van der Waals surface area contributed by atoms with Crippen molar-refractivity contribution in [1.82, 2.24) is 0 Å². The predicted octanol–water partition coefficient (Wildman–Crippen LogP) is 2.13. The Morgan fingerprint density at radius 2 is 1.80 bits per heavy atom. The van der Waals surface area contributed by atoms with E-state index >= 15 is 0 Å². The molecule has 2 fully saturated rings. The Morgan fingerprint density at radius 1 is 1.00 bits per heavy atom. The summed E-state index contributed by atoms with van der Waals surface area (Å²) in [7, 11) is 0. The number of likely N-dealkylation sites (tertiary alicyclic amines) is 1. The van der Waals surface area contributed by atoms with Crippen molar-refractivity contribution in [1.29, 1.82) is 0 Å². The molecule has 0 spiro atoms. The second-order valence-corrected chi connectivity index (χ2v) is 6.18. The largest absolute Gasteiger partial charge is 0.334 e. The Labute approximate surface area is 95.2 Å². The first-order valence-electron chi connectivity index (χ1n) is 7.09. The molecule has 88 valence electrons. The topological polar surface area (TPSA) is 4.44 Å². The molecule has 0 aromatic carbocycles. The lowest BCUT2D eigenvalue weighted by Crippen LogP contribution is -3.14. The fourth-order valence-electron chi connectivity index (χ4n) is 3.65. The first-order valence-corrected chi connectivity index (χ1v) is 7.09. The van der Waals surface area contributed by atoms with E-state index in [4.69, 9.17) is 0 Å². The molecule has 0 amide bonds. The highest BCUT2D eigenvalue weighted by molar-refractivity contribution is 4.71. The van der Waals surface area contributed by atoms with Crippen LogP contribution in [-0.2, 0) is 0 Å². The zero-order chi connectivity index (χ0) is 10.7. The van der Waals surface area contributed by atoms with E-state index in [1.807, 2.05) is 4.90 Å². The smallest absolute Gasteiger partial charge is 0.0802 e. The maximum absolute atomic E-state index is 2.48. The summed E-state index contributed by atoms with van der Waals surface area (Å²) in [4.78, 5) is 1.91. The minimum atomic E-state index is 0.979. The number of quaternary nitrogens is 1. The number of hydrogen-bond acceptors (Lipinski definition) is 0. The van der Waals surface area contributed by atoms with Crippen LogP contribution in [0.25, 0.3) is 0 Å². The zero-order valence-corrected chi connectivity index (χ0v) is 10.6. The lowest BCUT2D eigenvalue weighted by molar-refractivity contribution is -0.912. The van der Waals surface area contributed by atoms with Crippen molar-refractivity contribution >= 4 is 0 Å². The Balaban J connectivity index is 1.79. The van der Waals surface area contributed by atoms with E-state index in [9.17, 15) is 0 Å². The first-order chi connectivity index (χ1) is 7.25. The molecule has 15 heavy (non-hydrogen) atoms. The lowest BCUT2D eigenvalue weighted by atomic mass is 9.80. The maximum Gasteiger partial charge on any atom is 0.0802 e. The van der Waals surface area contributed by atoms with Crippen molar-refractivity contribution in [3.8, 4) is 0 Å². The summed E-state index contributed by atoms with van der Waals surface area (Å²) in [6.45, 7) is 9.29. The molecule has 1 aliphatic carbocycles. The van der Waals surface area contributed by atoms with Gasteiger partial charge in [-0.3, -0.25) is 0 Å². The Kier molecular flexibility index (Phi) is 4.07. The molecular formula is C14H28N+. The Morgan fingerprint density at radius 3 is 2.53 bits per heavy atom. The maximum atomic E-state index is 2.48. The molecule has 1 saturated carbocycles. The molecule has 1 aliphatic heterocycles. The molecule has 2 rings (SSSR count). The first kappa shape index (κ1) is 11.4. The van der Waals surface area contributed by atoms with Crippen molar-refractivity contribution in [2.75, 3.05) is 19.6 Å². The van der Waals surface area contributed by atoms with Gasteiger partial charge in [-0.2, -0.15) is 0 Å². The second-order valence-electron chi connectivity index (χ2n) is 6.18. The van der Waals surface area contributed by atoms with Crippen molar-refractivity contribution in [2.45, 2.75) is 52.4 Å². The molecule has 0 bridgehead atoms. The molecule has 1 N–H and O–H groups in total. The van der Waals surface area contributed by atoms with E-state index in [2.05, 4.69) is 13.8 Å². The normalized spacial score (nSPS) is 42.8. The van der Waals surface area contributed by atoms with Gasteiger partial charge >= 0.3 is 0 Å². The van der Waals surface area contributed by atoms with Crippen molar-refractivity contribution in [3.05, 3.63) is 0 Å². The highest BCUT2D eigenvalue weighted by Crippen LogP contribution is 2.28. The quantitative estimate of drug-likeness (QED) is 0.712. The zero-order valence-electron chi connectivity index (χ0n) is 10.6. The van der Waals surface area contributed by atoms with Crippen molar-refractivity contribution in [2.24, 2.45) is 17.8 Å². The lowest BCUT2D eigenvalue weighted by Gasteiger charge is -2.34. The highest BCUT2D eigenvalue weighted by atomic mass is 15.1. The average molecular weight is 210 g/mol. The predicted molar refractivity (Wildman–Crippen MR) is 65.1 cm³/mol. The Hall–Kier alpha value is -0.0400. The fourth-order valence-corrected chi connectivity index (χ4v) is 3.65. The second kappa shape index (κ2) is 5.34. The van der Waals surface area contributed by atoms with E-state index in [1.54, 1.807) is 0 Å². The molecule has 1 nitrogen and oxygen atoms in total. The summed E-state index contributed by atoms with van der Waals surface area (Å²) < 4.78 is 0. The highest BCUT2D eigenvalue weighted by Gasteiger charge is 2.27. The Bertz CT molecular complexity index is 190. The third-order valence-corrected chi connectivity index (χ3v) is 4.70. The number of nitrogens with one attached hydrogen (secondary N) is 1. The van der Waals surface area contributed by atoms with Gasteiger partial charge in [0.15, 0.2) is 0 Å². The summed E-state index contributed by atoms with van der Waals surface area (Å²) in [5, 5.41) is 0. The molecule has 0 aromatic heterocycles. The van der Waals surface area contributed by atoms with E-state index in [0.717, 1.165) is 17.8 Å². The van der Waals surface area contributed by atoms with Crippen molar-refractivity contribution < 1.29 is 4.90 Å². The van der Waals surface area contributed by atoms with Crippen LogP contribution < -0.4 is 4.90 Å². The standard InChI is InChI=1S/C14H27N/c1-12-6-5-9-15(10-12)11-14-8-4-3-7-13(14)2/h12-14H,3-11H2,1-2H3/p+1. The molecule has 2 aliphatic rings. The van der Waals surface area contributed by atoms with Gasteiger partial charge in [0, 0.05) is 11.8 Å². The van der Waals surface area contributed by atoms with Crippen LogP contribution in [0, 0.1) is 17.8 Å². The molecule has 0 radical (unpaired) electrons. The summed E-state index contributed by atoms with van der Waals surface area (Å²) in [5.74, 6) is 3.02. The monoisotopic (exact) mass is 210 g/mol. The van der Waals surface area contributed by atoms with Gasteiger partial charge in [0.2, 0.25) is 0 Å².